The number of hydrogen-bond donors (Lipinski definition) is 1. The molecule has 100 valence electrons. The molecule has 0 bridgehead atoms. The lowest BCUT2D eigenvalue weighted by atomic mass is 9.96. The molecule has 0 fully saturated rings. The van der Waals surface area contributed by atoms with Crippen LogP contribution in [0.25, 0.3) is 10.8 Å². The molecule has 0 aliphatic heterocycles. The molecule has 0 spiro atoms. The van der Waals surface area contributed by atoms with Crippen LogP contribution in [-0.4, -0.2) is 12.1 Å². The summed E-state index contributed by atoms with van der Waals surface area (Å²) in [6.07, 6.45) is 3.70. The molecule has 1 heterocycles. The number of pyridine rings is 1. The van der Waals surface area contributed by atoms with E-state index in [9.17, 15) is 0 Å². The topological polar surface area (TPSA) is 48.1 Å². The van der Waals surface area contributed by atoms with Gasteiger partial charge in [-0.1, -0.05) is 36.4 Å². The first-order valence-corrected chi connectivity index (χ1v) is 6.52. The number of nitrogens with two attached hydrogens (primary N) is 1. The summed E-state index contributed by atoms with van der Waals surface area (Å²) >= 11 is 0. The summed E-state index contributed by atoms with van der Waals surface area (Å²) in [5.74, 6) is 0.811. The third kappa shape index (κ3) is 2.24. The minimum absolute atomic E-state index is 0.219. The van der Waals surface area contributed by atoms with Crippen molar-refractivity contribution < 1.29 is 4.74 Å². The molecule has 3 rings (SSSR count). The molecule has 0 aliphatic rings. The van der Waals surface area contributed by atoms with Crippen molar-refractivity contribution in [1.82, 2.24) is 4.98 Å². The van der Waals surface area contributed by atoms with Crippen LogP contribution in [0.1, 0.15) is 17.2 Å². The van der Waals surface area contributed by atoms with Gasteiger partial charge in [0.15, 0.2) is 0 Å². The van der Waals surface area contributed by atoms with Crippen molar-refractivity contribution in [3.8, 4) is 5.75 Å². The molecule has 0 saturated carbocycles. The molecular formula is C17H16N2O. The van der Waals surface area contributed by atoms with Crippen molar-refractivity contribution in [3.05, 3.63) is 72.1 Å². The van der Waals surface area contributed by atoms with Gasteiger partial charge in [0.25, 0.3) is 0 Å². The predicted molar refractivity (Wildman–Crippen MR) is 80.8 cm³/mol. The van der Waals surface area contributed by atoms with Crippen molar-refractivity contribution in [2.75, 3.05) is 7.11 Å². The molecule has 1 aromatic heterocycles. The fraction of sp³-hybridized carbons (Fsp3) is 0.118. The van der Waals surface area contributed by atoms with Gasteiger partial charge in [0.2, 0.25) is 0 Å². The smallest absolute Gasteiger partial charge is 0.119 e. The quantitative estimate of drug-likeness (QED) is 0.789. The van der Waals surface area contributed by atoms with Gasteiger partial charge >= 0.3 is 0 Å². The zero-order valence-electron chi connectivity index (χ0n) is 11.3. The van der Waals surface area contributed by atoms with Crippen LogP contribution in [0.3, 0.4) is 0 Å². The highest BCUT2D eigenvalue weighted by molar-refractivity contribution is 5.85. The normalized spacial score (nSPS) is 12.3. The van der Waals surface area contributed by atoms with E-state index in [1.165, 1.54) is 0 Å². The van der Waals surface area contributed by atoms with Crippen molar-refractivity contribution >= 4 is 10.8 Å². The Kier molecular flexibility index (Phi) is 3.35. The Bertz CT molecular complexity index is 734. The Morgan fingerprint density at radius 2 is 1.90 bits per heavy atom. The monoisotopic (exact) mass is 264 g/mol. The molecule has 2 aromatic carbocycles. The van der Waals surface area contributed by atoms with Gasteiger partial charge in [0.05, 0.1) is 13.2 Å². The van der Waals surface area contributed by atoms with Crippen LogP contribution in [0.4, 0.5) is 0 Å². The van der Waals surface area contributed by atoms with E-state index in [1.54, 1.807) is 7.11 Å². The maximum Gasteiger partial charge on any atom is 0.119 e. The van der Waals surface area contributed by atoms with Crippen LogP contribution in [0.2, 0.25) is 0 Å². The molecular weight excluding hydrogens is 248 g/mol. The molecule has 2 N–H and O–H groups in total. The third-order valence-electron chi connectivity index (χ3n) is 3.49. The van der Waals surface area contributed by atoms with Gasteiger partial charge in [-0.15, -0.1) is 0 Å². The molecule has 0 radical (unpaired) electrons. The van der Waals surface area contributed by atoms with E-state index in [1.807, 2.05) is 54.9 Å². The lowest BCUT2D eigenvalue weighted by Crippen LogP contribution is -2.12. The number of hydrogen-bond acceptors (Lipinski definition) is 3. The van der Waals surface area contributed by atoms with Gasteiger partial charge < -0.3 is 10.5 Å². The Morgan fingerprint density at radius 1 is 1.05 bits per heavy atom. The Labute approximate surface area is 118 Å². The van der Waals surface area contributed by atoms with Crippen LogP contribution in [0, 0.1) is 0 Å². The van der Waals surface area contributed by atoms with Gasteiger partial charge in [0.1, 0.15) is 5.75 Å². The summed E-state index contributed by atoms with van der Waals surface area (Å²) in [5.41, 5.74) is 8.45. The lowest BCUT2D eigenvalue weighted by molar-refractivity contribution is 0.414. The molecule has 0 saturated heterocycles. The van der Waals surface area contributed by atoms with E-state index in [0.717, 1.165) is 27.6 Å². The highest BCUT2D eigenvalue weighted by Crippen LogP contribution is 2.27. The van der Waals surface area contributed by atoms with E-state index in [2.05, 4.69) is 11.1 Å². The first-order valence-electron chi connectivity index (χ1n) is 6.52. The zero-order valence-corrected chi connectivity index (χ0v) is 11.3. The van der Waals surface area contributed by atoms with Crippen molar-refractivity contribution in [2.24, 2.45) is 5.73 Å². The molecule has 3 aromatic rings. The highest BCUT2D eigenvalue weighted by Gasteiger charge is 2.13. The van der Waals surface area contributed by atoms with E-state index in [0.29, 0.717) is 0 Å². The number of methoxy groups -OCH3 is 1. The van der Waals surface area contributed by atoms with E-state index in [4.69, 9.17) is 10.5 Å². The Balaban J connectivity index is 2.10. The first kappa shape index (κ1) is 12.6. The molecule has 3 heteroatoms. The molecule has 0 amide bonds. The molecule has 3 nitrogen and oxygen atoms in total. The Morgan fingerprint density at radius 3 is 2.75 bits per heavy atom. The van der Waals surface area contributed by atoms with E-state index in [-0.39, 0.29) is 6.04 Å². The minimum atomic E-state index is -0.219. The van der Waals surface area contributed by atoms with Crippen LogP contribution >= 0.6 is 0 Å². The summed E-state index contributed by atoms with van der Waals surface area (Å²) < 4.78 is 5.26. The SMILES string of the molecule is COc1cccc(C(N)c2cncc3ccccc23)c1. The van der Waals surface area contributed by atoms with E-state index < -0.39 is 0 Å². The standard InChI is InChI=1S/C17H16N2O/c1-20-14-7-4-6-12(9-14)17(18)16-11-19-10-13-5-2-3-8-15(13)16/h2-11,17H,18H2,1H3. The average Bonchev–Trinajstić information content (AvgIpc) is 2.53. The zero-order chi connectivity index (χ0) is 13.9. The molecule has 20 heavy (non-hydrogen) atoms. The Hall–Kier alpha value is -2.39. The van der Waals surface area contributed by atoms with Crippen LogP contribution in [0.5, 0.6) is 5.75 Å². The maximum absolute atomic E-state index is 6.41. The van der Waals surface area contributed by atoms with Gasteiger partial charge in [-0.25, -0.2) is 0 Å². The minimum Gasteiger partial charge on any atom is -0.497 e. The summed E-state index contributed by atoms with van der Waals surface area (Å²) in [6.45, 7) is 0. The number of benzene rings is 2. The fourth-order valence-electron chi connectivity index (χ4n) is 2.40. The lowest BCUT2D eigenvalue weighted by Gasteiger charge is -2.15. The second kappa shape index (κ2) is 5.31. The van der Waals surface area contributed by atoms with Gasteiger partial charge in [-0.05, 0) is 28.6 Å². The summed E-state index contributed by atoms with van der Waals surface area (Å²) in [4.78, 5) is 4.29. The predicted octanol–water partition coefficient (Wildman–Crippen LogP) is 3.29. The highest BCUT2D eigenvalue weighted by atomic mass is 16.5. The summed E-state index contributed by atoms with van der Waals surface area (Å²) in [7, 11) is 1.66. The summed E-state index contributed by atoms with van der Waals surface area (Å²) in [6, 6.07) is 15.8. The largest absolute Gasteiger partial charge is 0.497 e. The second-order valence-corrected chi connectivity index (χ2v) is 4.70. The average molecular weight is 264 g/mol. The van der Waals surface area contributed by atoms with Crippen LogP contribution in [-0.2, 0) is 0 Å². The van der Waals surface area contributed by atoms with Crippen LogP contribution < -0.4 is 10.5 Å². The fourth-order valence-corrected chi connectivity index (χ4v) is 2.40. The van der Waals surface area contributed by atoms with E-state index >= 15 is 0 Å². The maximum atomic E-state index is 6.41. The van der Waals surface area contributed by atoms with Gasteiger partial charge in [0, 0.05) is 17.8 Å². The second-order valence-electron chi connectivity index (χ2n) is 4.70. The summed E-state index contributed by atoms with van der Waals surface area (Å²) in [5, 5.41) is 2.24. The van der Waals surface area contributed by atoms with Gasteiger partial charge in [-0.3, -0.25) is 4.98 Å². The third-order valence-corrected chi connectivity index (χ3v) is 3.49. The van der Waals surface area contributed by atoms with Crippen molar-refractivity contribution in [1.29, 1.82) is 0 Å². The molecule has 0 aliphatic carbocycles. The van der Waals surface area contributed by atoms with Crippen LogP contribution in [0.15, 0.2) is 60.9 Å². The number of ether oxygens (including phenoxy) is 1. The van der Waals surface area contributed by atoms with Crippen molar-refractivity contribution in [3.63, 3.8) is 0 Å². The van der Waals surface area contributed by atoms with Crippen molar-refractivity contribution in [2.45, 2.75) is 6.04 Å². The first-order chi connectivity index (χ1) is 9.79. The number of fused-ring (bicyclic) bond motifs is 1. The van der Waals surface area contributed by atoms with Gasteiger partial charge in [-0.2, -0.15) is 0 Å². The number of aromatic nitrogens is 1. The number of rotatable bonds is 3. The number of nitrogens with zero attached hydrogens (tertiary/aromatic N) is 1. The molecule has 1 atom stereocenters. The molecule has 1 unspecified atom stereocenters.